The third kappa shape index (κ3) is 4.09. The first kappa shape index (κ1) is 18.8. The molecule has 0 saturated heterocycles. The van der Waals surface area contributed by atoms with Gasteiger partial charge in [-0.3, -0.25) is 4.79 Å². The van der Waals surface area contributed by atoms with Crippen LogP contribution >= 0.6 is 0 Å². The van der Waals surface area contributed by atoms with E-state index in [1.54, 1.807) is 25.1 Å². The number of carbonyl (C=O) groups excluding carboxylic acids is 1. The van der Waals surface area contributed by atoms with Crippen molar-refractivity contribution >= 4 is 21.4 Å². The predicted molar refractivity (Wildman–Crippen MR) is 104 cm³/mol. The van der Waals surface area contributed by atoms with Crippen molar-refractivity contribution < 1.29 is 17.7 Å². The van der Waals surface area contributed by atoms with Crippen molar-refractivity contribution in [3.05, 3.63) is 65.4 Å². The monoisotopic (exact) mass is 384 g/mol. The Morgan fingerprint density at radius 3 is 2.37 bits per heavy atom. The van der Waals surface area contributed by atoms with E-state index >= 15 is 0 Å². The molecule has 0 aliphatic heterocycles. The van der Waals surface area contributed by atoms with Gasteiger partial charge in [0, 0.05) is 17.3 Å². The summed E-state index contributed by atoms with van der Waals surface area (Å²) in [5, 5.41) is 6.51. The number of carbonyl (C=O) groups is 1. The van der Waals surface area contributed by atoms with Crippen LogP contribution < -0.4 is 5.32 Å². The zero-order valence-corrected chi connectivity index (χ0v) is 16.1. The molecule has 0 saturated carbocycles. The molecule has 0 unspecified atom stereocenters. The van der Waals surface area contributed by atoms with Crippen LogP contribution in [0, 0.1) is 13.8 Å². The first-order valence-corrected chi connectivity index (χ1v) is 10.1. The Bertz CT molecular complexity index is 1080. The van der Waals surface area contributed by atoms with Crippen molar-refractivity contribution in [2.75, 3.05) is 11.1 Å². The van der Waals surface area contributed by atoms with Crippen LogP contribution in [0.5, 0.6) is 0 Å². The zero-order chi connectivity index (χ0) is 19.6. The molecular formula is C20H20N2O4S. The second-order valence-corrected chi connectivity index (χ2v) is 8.54. The van der Waals surface area contributed by atoms with Crippen LogP contribution in [0.2, 0.25) is 0 Å². The maximum atomic E-state index is 12.4. The van der Waals surface area contributed by atoms with Crippen LogP contribution in [0.4, 0.5) is 5.69 Å². The summed E-state index contributed by atoms with van der Waals surface area (Å²) >= 11 is 0. The normalized spacial score (nSPS) is 11.4. The number of aromatic nitrogens is 1. The Kier molecular flexibility index (Phi) is 5.14. The van der Waals surface area contributed by atoms with Gasteiger partial charge in [0.2, 0.25) is 0 Å². The lowest BCUT2D eigenvalue weighted by atomic mass is 10.0. The van der Waals surface area contributed by atoms with Gasteiger partial charge in [-0.05, 0) is 55.3 Å². The van der Waals surface area contributed by atoms with Gasteiger partial charge in [0.1, 0.15) is 0 Å². The van der Waals surface area contributed by atoms with Gasteiger partial charge >= 0.3 is 0 Å². The second-order valence-electron chi connectivity index (χ2n) is 6.26. The van der Waals surface area contributed by atoms with Gasteiger partial charge in [-0.25, -0.2) is 8.42 Å². The summed E-state index contributed by atoms with van der Waals surface area (Å²) in [6.07, 6.45) is 0. The number of anilines is 1. The van der Waals surface area contributed by atoms with Crippen molar-refractivity contribution in [3.8, 4) is 11.3 Å². The molecule has 0 aliphatic rings. The van der Waals surface area contributed by atoms with Crippen molar-refractivity contribution in [1.82, 2.24) is 5.16 Å². The molecule has 0 fully saturated rings. The minimum Gasteiger partial charge on any atom is -0.355 e. The van der Waals surface area contributed by atoms with Crippen molar-refractivity contribution in [1.29, 1.82) is 0 Å². The standard InChI is InChI=1S/C20H20N2O4S/c1-4-27(24,25)17-9-7-16(8-10-17)21-20(23)18-12-19(26-22-18)15-6-5-13(2)14(3)11-15/h5-12H,4H2,1-3H3,(H,21,23). The summed E-state index contributed by atoms with van der Waals surface area (Å²) in [6.45, 7) is 5.61. The number of benzene rings is 2. The number of nitrogens with zero attached hydrogens (tertiary/aromatic N) is 1. The third-order valence-corrected chi connectivity index (χ3v) is 6.14. The Morgan fingerprint density at radius 1 is 1.04 bits per heavy atom. The molecule has 0 spiro atoms. The molecule has 0 atom stereocenters. The Balaban J connectivity index is 1.75. The molecule has 3 rings (SSSR count). The topological polar surface area (TPSA) is 89.3 Å². The molecule has 1 aromatic heterocycles. The van der Waals surface area contributed by atoms with Gasteiger partial charge in [-0.2, -0.15) is 0 Å². The number of aryl methyl sites for hydroxylation is 2. The van der Waals surface area contributed by atoms with E-state index in [1.165, 1.54) is 17.7 Å². The van der Waals surface area contributed by atoms with Crippen molar-refractivity contribution in [2.45, 2.75) is 25.7 Å². The highest BCUT2D eigenvalue weighted by Crippen LogP contribution is 2.23. The highest BCUT2D eigenvalue weighted by atomic mass is 32.2. The summed E-state index contributed by atoms with van der Waals surface area (Å²) in [4.78, 5) is 12.6. The first-order valence-electron chi connectivity index (χ1n) is 8.48. The summed E-state index contributed by atoms with van der Waals surface area (Å²) in [5.41, 5.74) is 3.76. The molecule has 1 N–H and O–H groups in total. The van der Waals surface area contributed by atoms with Gasteiger partial charge in [0.25, 0.3) is 5.91 Å². The van der Waals surface area contributed by atoms with Gasteiger partial charge in [-0.15, -0.1) is 0 Å². The van der Waals surface area contributed by atoms with Gasteiger partial charge in [0.15, 0.2) is 21.3 Å². The molecule has 3 aromatic rings. The van der Waals surface area contributed by atoms with Crippen LogP contribution in [0.15, 0.2) is 57.9 Å². The van der Waals surface area contributed by atoms with Gasteiger partial charge < -0.3 is 9.84 Å². The highest BCUT2D eigenvalue weighted by molar-refractivity contribution is 7.91. The number of sulfone groups is 1. The first-order chi connectivity index (χ1) is 12.8. The Morgan fingerprint density at radius 2 is 1.74 bits per heavy atom. The second kappa shape index (κ2) is 7.36. The summed E-state index contributed by atoms with van der Waals surface area (Å²) < 4.78 is 28.9. The van der Waals surface area contributed by atoms with Crippen LogP contribution in [0.3, 0.4) is 0 Å². The number of hydrogen-bond donors (Lipinski definition) is 1. The van der Waals surface area contributed by atoms with Crippen LogP contribution in [-0.2, 0) is 9.84 Å². The number of rotatable bonds is 5. The van der Waals surface area contributed by atoms with Crippen molar-refractivity contribution in [2.24, 2.45) is 0 Å². The van der Waals surface area contributed by atoms with E-state index in [9.17, 15) is 13.2 Å². The molecule has 0 radical (unpaired) electrons. The molecule has 140 valence electrons. The molecular weight excluding hydrogens is 364 g/mol. The SMILES string of the molecule is CCS(=O)(=O)c1ccc(NC(=O)c2cc(-c3ccc(C)c(C)c3)on2)cc1. The van der Waals surface area contributed by atoms with E-state index in [2.05, 4.69) is 10.5 Å². The van der Waals surface area contributed by atoms with Crippen molar-refractivity contribution in [3.63, 3.8) is 0 Å². The summed E-state index contributed by atoms with van der Waals surface area (Å²) in [5.74, 6) is 0.103. The summed E-state index contributed by atoms with van der Waals surface area (Å²) in [7, 11) is -3.27. The number of amides is 1. The fraction of sp³-hybridized carbons (Fsp3) is 0.200. The van der Waals surface area contributed by atoms with E-state index in [1.807, 2.05) is 32.0 Å². The lowest BCUT2D eigenvalue weighted by molar-refractivity contribution is 0.101. The zero-order valence-electron chi connectivity index (χ0n) is 15.3. The Labute approximate surface area is 158 Å². The lowest BCUT2D eigenvalue weighted by Crippen LogP contribution is -2.12. The lowest BCUT2D eigenvalue weighted by Gasteiger charge is -2.05. The van der Waals surface area contributed by atoms with E-state index in [4.69, 9.17) is 4.52 Å². The minimum atomic E-state index is -3.27. The number of nitrogens with one attached hydrogen (secondary N) is 1. The van der Waals surface area contributed by atoms with E-state index in [0.29, 0.717) is 11.4 Å². The average Bonchev–Trinajstić information content (AvgIpc) is 3.15. The fourth-order valence-corrected chi connectivity index (χ4v) is 3.40. The van der Waals surface area contributed by atoms with E-state index in [0.717, 1.165) is 11.1 Å². The maximum absolute atomic E-state index is 12.4. The quantitative estimate of drug-likeness (QED) is 0.718. The van der Waals surface area contributed by atoms with E-state index in [-0.39, 0.29) is 16.3 Å². The fourth-order valence-electron chi connectivity index (χ4n) is 2.52. The van der Waals surface area contributed by atoms with Gasteiger partial charge in [0.05, 0.1) is 10.6 Å². The molecule has 0 bridgehead atoms. The maximum Gasteiger partial charge on any atom is 0.277 e. The number of hydrogen-bond acceptors (Lipinski definition) is 5. The largest absolute Gasteiger partial charge is 0.355 e. The van der Waals surface area contributed by atoms with Gasteiger partial charge in [-0.1, -0.05) is 24.2 Å². The molecule has 6 nitrogen and oxygen atoms in total. The molecule has 27 heavy (non-hydrogen) atoms. The molecule has 1 amide bonds. The molecule has 2 aromatic carbocycles. The van der Waals surface area contributed by atoms with Crippen LogP contribution in [0.25, 0.3) is 11.3 Å². The molecule has 1 heterocycles. The average molecular weight is 384 g/mol. The Hall–Kier alpha value is -2.93. The van der Waals surface area contributed by atoms with E-state index < -0.39 is 15.7 Å². The third-order valence-electron chi connectivity index (χ3n) is 4.39. The minimum absolute atomic E-state index is 0.0267. The predicted octanol–water partition coefficient (Wildman–Crippen LogP) is 4.00. The molecule has 7 heteroatoms. The smallest absolute Gasteiger partial charge is 0.277 e. The summed E-state index contributed by atoms with van der Waals surface area (Å²) in [6, 6.07) is 13.5. The molecule has 0 aliphatic carbocycles. The highest BCUT2D eigenvalue weighted by Gasteiger charge is 2.15. The van der Waals surface area contributed by atoms with Crippen LogP contribution in [0.1, 0.15) is 28.5 Å². The van der Waals surface area contributed by atoms with Crippen LogP contribution in [-0.4, -0.2) is 25.2 Å².